The largest absolute Gasteiger partial charge is 0.388 e. The van der Waals surface area contributed by atoms with Crippen LogP contribution in [0.1, 0.15) is 32.0 Å². The van der Waals surface area contributed by atoms with Gasteiger partial charge < -0.3 is 5.32 Å². The second-order valence-electron chi connectivity index (χ2n) is 3.39. The second kappa shape index (κ2) is 4.31. The Kier molecular flexibility index (Phi) is 3.35. The molecule has 0 saturated heterocycles. The average Bonchev–Trinajstić information content (AvgIpc) is 2.17. The Labute approximate surface area is 82.7 Å². The van der Waals surface area contributed by atoms with Gasteiger partial charge in [0, 0.05) is 14.2 Å². The van der Waals surface area contributed by atoms with Gasteiger partial charge in [0.25, 0.3) is 0 Å². The van der Waals surface area contributed by atoms with Crippen LogP contribution >= 0.6 is 0 Å². The highest BCUT2D eigenvalue weighted by Crippen LogP contribution is 2.21. The Hall–Kier alpha value is -0.980. The van der Waals surface area contributed by atoms with Crippen molar-refractivity contribution in [3.8, 4) is 0 Å². The highest BCUT2D eigenvalue weighted by atomic mass is 14.8. The summed E-state index contributed by atoms with van der Waals surface area (Å²) in [6.45, 7) is 6.59. The Morgan fingerprint density at radius 3 is 2.23 bits per heavy atom. The van der Waals surface area contributed by atoms with E-state index in [4.69, 9.17) is 0 Å². The van der Waals surface area contributed by atoms with Crippen LogP contribution < -0.4 is 5.32 Å². The van der Waals surface area contributed by atoms with Gasteiger partial charge in [-0.25, -0.2) is 0 Å². The summed E-state index contributed by atoms with van der Waals surface area (Å²) in [5.41, 5.74) is 5.56. The molecule has 1 aromatic rings. The molecule has 0 atom stereocenters. The summed E-state index contributed by atoms with van der Waals surface area (Å²) in [6.07, 6.45) is 2.21. The molecule has 1 aromatic carbocycles. The molecule has 0 amide bonds. The fraction of sp³-hybridized carbons (Fsp3) is 0.500. The quantitative estimate of drug-likeness (QED) is 0.749. The van der Waals surface area contributed by atoms with E-state index in [2.05, 4.69) is 38.2 Å². The van der Waals surface area contributed by atoms with Gasteiger partial charge in [0.15, 0.2) is 0 Å². The maximum Gasteiger partial charge on any atom is 0.0372 e. The van der Waals surface area contributed by atoms with Gasteiger partial charge in [0.2, 0.25) is 0 Å². The van der Waals surface area contributed by atoms with Crippen LogP contribution in [0.2, 0.25) is 0 Å². The lowest BCUT2D eigenvalue weighted by molar-refractivity contribution is 1.07. The van der Waals surface area contributed by atoms with Crippen molar-refractivity contribution in [2.24, 2.45) is 0 Å². The van der Waals surface area contributed by atoms with E-state index in [1.165, 1.54) is 22.4 Å². The fourth-order valence-electron chi connectivity index (χ4n) is 1.72. The minimum atomic E-state index is 0. The van der Waals surface area contributed by atoms with Crippen molar-refractivity contribution in [3.63, 3.8) is 0 Å². The van der Waals surface area contributed by atoms with E-state index in [-0.39, 0.29) is 1.43 Å². The summed E-state index contributed by atoms with van der Waals surface area (Å²) in [7, 11) is 1.99. The van der Waals surface area contributed by atoms with Crippen molar-refractivity contribution < 1.29 is 1.43 Å². The van der Waals surface area contributed by atoms with Crippen LogP contribution in [0.5, 0.6) is 0 Å². The number of nitrogens with one attached hydrogen (secondary N) is 1. The van der Waals surface area contributed by atoms with Crippen molar-refractivity contribution in [1.82, 2.24) is 0 Å². The third kappa shape index (κ3) is 2.03. The summed E-state index contributed by atoms with van der Waals surface area (Å²) < 4.78 is 0. The van der Waals surface area contributed by atoms with Gasteiger partial charge in [-0.15, -0.1) is 0 Å². The van der Waals surface area contributed by atoms with E-state index >= 15 is 0 Å². The molecule has 0 aliphatic carbocycles. The lowest BCUT2D eigenvalue weighted by Crippen LogP contribution is -1.98. The van der Waals surface area contributed by atoms with Crippen molar-refractivity contribution in [1.29, 1.82) is 0 Å². The molecule has 0 spiro atoms. The lowest BCUT2D eigenvalue weighted by Gasteiger charge is -2.12. The summed E-state index contributed by atoms with van der Waals surface area (Å²) in [5, 5.41) is 3.25. The molecule has 1 heteroatoms. The molecule has 13 heavy (non-hydrogen) atoms. The van der Waals surface area contributed by atoms with Crippen LogP contribution in [-0.2, 0) is 12.8 Å². The number of anilines is 1. The predicted octanol–water partition coefficient (Wildman–Crippen LogP) is 3.41. The molecule has 0 saturated carbocycles. The molecule has 0 aromatic heterocycles. The molecule has 0 aliphatic heterocycles. The number of benzene rings is 1. The van der Waals surface area contributed by atoms with E-state index < -0.39 is 0 Å². The monoisotopic (exact) mass is 179 g/mol. The molecule has 1 nitrogen and oxygen atoms in total. The standard InChI is InChI=1S/C12H19N.H2/c1-5-10-8-12(13-4)11(6-2)7-9(10)3;/h7-8,13H,5-6H2,1-4H3;1H. The Morgan fingerprint density at radius 1 is 1.15 bits per heavy atom. The smallest absolute Gasteiger partial charge is 0.0372 e. The highest BCUT2D eigenvalue weighted by Gasteiger charge is 2.03. The Balaban J connectivity index is 0.00000169. The van der Waals surface area contributed by atoms with Crippen LogP contribution in [0, 0.1) is 6.92 Å². The van der Waals surface area contributed by atoms with E-state index in [1.54, 1.807) is 0 Å². The van der Waals surface area contributed by atoms with Crippen LogP contribution in [-0.4, -0.2) is 7.05 Å². The SMILES string of the molecule is CCc1cc(NC)c(CC)cc1C.[HH]. The van der Waals surface area contributed by atoms with E-state index in [1.807, 2.05) is 7.05 Å². The molecule has 1 N–H and O–H groups in total. The van der Waals surface area contributed by atoms with Gasteiger partial charge in [-0.2, -0.15) is 0 Å². The maximum absolute atomic E-state index is 3.25. The molecule has 1 rings (SSSR count). The van der Waals surface area contributed by atoms with E-state index in [0.717, 1.165) is 12.8 Å². The lowest BCUT2D eigenvalue weighted by atomic mass is 10.00. The summed E-state index contributed by atoms with van der Waals surface area (Å²) in [4.78, 5) is 0. The number of rotatable bonds is 3. The van der Waals surface area contributed by atoms with Crippen molar-refractivity contribution in [2.75, 3.05) is 12.4 Å². The summed E-state index contributed by atoms with van der Waals surface area (Å²) in [5.74, 6) is 0. The number of aryl methyl sites for hydroxylation is 3. The summed E-state index contributed by atoms with van der Waals surface area (Å²) >= 11 is 0. The minimum absolute atomic E-state index is 0. The van der Waals surface area contributed by atoms with Crippen molar-refractivity contribution in [3.05, 3.63) is 28.8 Å². The van der Waals surface area contributed by atoms with Crippen LogP contribution in [0.4, 0.5) is 5.69 Å². The molecule has 0 fully saturated rings. The van der Waals surface area contributed by atoms with Crippen LogP contribution in [0.15, 0.2) is 12.1 Å². The highest BCUT2D eigenvalue weighted by molar-refractivity contribution is 5.55. The minimum Gasteiger partial charge on any atom is -0.388 e. The normalized spacial score (nSPS) is 10.2. The molecule has 0 aliphatic rings. The maximum atomic E-state index is 3.25. The average molecular weight is 179 g/mol. The third-order valence-corrected chi connectivity index (χ3v) is 2.59. The molecular weight excluding hydrogens is 158 g/mol. The summed E-state index contributed by atoms with van der Waals surface area (Å²) in [6, 6.07) is 4.57. The molecule has 0 bridgehead atoms. The Bertz CT molecular complexity index is 295. The van der Waals surface area contributed by atoms with Crippen LogP contribution in [0.3, 0.4) is 0 Å². The topological polar surface area (TPSA) is 12.0 Å². The second-order valence-corrected chi connectivity index (χ2v) is 3.39. The number of hydrogen-bond donors (Lipinski definition) is 1. The van der Waals surface area contributed by atoms with Gasteiger partial charge in [0.1, 0.15) is 0 Å². The van der Waals surface area contributed by atoms with Gasteiger partial charge in [0.05, 0.1) is 0 Å². The first-order valence-corrected chi connectivity index (χ1v) is 5.03. The zero-order chi connectivity index (χ0) is 9.84. The first-order chi connectivity index (χ1) is 6.22. The third-order valence-electron chi connectivity index (χ3n) is 2.59. The molecule has 0 unspecified atom stereocenters. The van der Waals surface area contributed by atoms with Crippen molar-refractivity contribution >= 4 is 5.69 Å². The first kappa shape index (κ1) is 10.1. The molecule has 0 radical (unpaired) electrons. The van der Waals surface area contributed by atoms with Gasteiger partial charge in [-0.1, -0.05) is 19.9 Å². The first-order valence-electron chi connectivity index (χ1n) is 5.03. The Morgan fingerprint density at radius 2 is 1.77 bits per heavy atom. The van der Waals surface area contributed by atoms with Crippen LogP contribution in [0.25, 0.3) is 0 Å². The van der Waals surface area contributed by atoms with Gasteiger partial charge in [-0.05, 0) is 42.5 Å². The fourth-order valence-corrected chi connectivity index (χ4v) is 1.72. The van der Waals surface area contributed by atoms with Gasteiger partial charge in [-0.3, -0.25) is 0 Å². The number of hydrogen-bond acceptors (Lipinski definition) is 1. The molecule has 74 valence electrons. The zero-order valence-corrected chi connectivity index (χ0v) is 9.07. The molecule has 0 heterocycles. The van der Waals surface area contributed by atoms with Gasteiger partial charge >= 0.3 is 0 Å². The molecular formula is C12H21N. The van der Waals surface area contributed by atoms with Crippen molar-refractivity contribution in [2.45, 2.75) is 33.6 Å². The van der Waals surface area contributed by atoms with E-state index in [0.29, 0.717) is 0 Å². The van der Waals surface area contributed by atoms with E-state index in [9.17, 15) is 0 Å². The predicted molar refractivity (Wildman–Crippen MR) is 61.6 cm³/mol. The zero-order valence-electron chi connectivity index (χ0n) is 9.07.